The molecule has 2 nitrogen and oxygen atoms in total. The van der Waals surface area contributed by atoms with Crippen LogP contribution in [0.15, 0.2) is 42.5 Å². The zero-order chi connectivity index (χ0) is 19.9. The van der Waals surface area contributed by atoms with Gasteiger partial charge in [-0.25, -0.2) is 0 Å². The van der Waals surface area contributed by atoms with Crippen molar-refractivity contribution in [2.45, 2.75) is 59.0 Å². The number of nitrogens with one attached hydrogen (secondary N) is 1. The highest BCUT2D eigenvalue weighted by atomic mass is 35.5. The number of unbranched alkanes of at least 4 members (excludes halogenated alkanes) is 4. The Balaban J connectivity index is 1.76. The van der Waals surface area contributed by atoms with Crippen molar-refractivity contribution in [3.63, 3.8) is 0 Å². The van der Waals surface area contributed by atoms with Gasteiger partial charge < -0.3 is 9.88 Å². The number of benzene rings is 2. The third kappa shape index (κ3) is 5.11. The molecule has 150 valence electrons. The van der Waals surface area contributed by atoms with Crippen molar-refractivity contribution >= 4 is 34.1 Å². The summed E-state index contributed by atoms with van der Waals surface area (Å²) in [5.74, 6) is 0. The highest BCUT2D eigenvalue weighted by molar-refractivity contribution is 6.35. The lowest BCUT2D eigenvalue weighted by Gasteiger charge is -2.11. The highest BCUT2D eigenvalue weighted by Crippen LogP contribution is 2.29. The van der Waals surface area contributed by atoms with Crippen molar-refractivity contribution in [2.24, 2.45) is 0 Å². The summed E-state index contributed by atoms with van der Waals surface area (Å²) in [6.07, 6.45) is 6.55. The van der Waals surface area contributed by atoms with E-state index in [1.165, 1.54) is 54.3 Å². The summed E-state index contributed by atoms with van der Waals surface area (Å²) in [5.41, 5.74) is 5.02. The predicted molar refractivity (Wildman–Crippen MR) is 123 cm³/mol. The fourth-order valence-corrected chi connectivity index (χ4v) is 4.29. The van der Waals surface area contributed by atoms with Crippen molar-refractivity contribution in [3.8, 4) is 0 Å². The number of fused-ring (bicyclic) bond motifs is 1. The number of hydrogen-bond acceptors (Lipinski definition) is 1. The highest BCUT2D eigenvalue weighted by Gasteiger charge is 2.14. The van der Waals surface area contributed by atoms with Crippen LogP contribution in [0, 0.1) is 6.92 Å². The molecule has 1 N–H and O–H groups in total. The summed E-state index contributed by atoms with van der Waals surface area (Å²) in [5, 5.41) is 6.37. The lowest BCUT2D eigenvalue weighted by atomic mass is 10.1. The fourth-order valence-electron chi connectivity index (χ4n) is 3.82. The van der Waals surface area contributed by atoms with Gasteiger partial charge in [0.05, 0.1) is 0 Å². The van der Waals surface area contributed by atoms with Crippen LogP contribution in [0.5, 0.6) is 0 Å². The standard InChI is InChI=1S/C24H30Cl2N2/c1-3-4-5-6-9-14-27-16-22-18(2)28(24-11-8-7-10-21(22)24)17-19-12-13-20(25)15-23(19)26/h7-8,10-13,15,27H,3-6,9,14,16-17H2,1-2H3. The molecule has 0 aliphatic rings. The molecule has 1 aromatic heterocycles. The first kappa shape index (κ1) is 21.2. The van der Waals surface area contributed by atoms with E-state index in [4.69, 9.17) is 23.2 Å². The predicted octanol–water partition coefficient (Wildman–Crippen LogP) is 7.36. The van der Waals surface area contributed by atoms with Crippen LogP contribution in [-0.2, 0) is 13.1 Å². The monoisotopic (exact) mass is 416 g/mol. The number of para-hydroxylation sites is 1. The van der Waals surface area contributed by atoms with Gasteiger partial charge in [0.15, 0.2) is 0 Å². The second-order valence-electron chi connectivity index (χ2n) is 7.49. The number of halogens is 2. The molecule has 4 heteroatoms. The summed E-state index contributed by atoms with van der Waals surface area (Å²) in [7, 11) is 0. The number of hydrogen-bond donors (Lipinski definition) is 1. The molecule has 0 radical (unpaired) electrons. The summed E-state index contributed by atoms with van der Waals surface area (Å²) >= 11 is 12.5. The Bertz CT molecular complexity index is 914. The molecule has 0 amide bonds. The molecular weight excluding hydrogens is 387 g/mol. The second kappa shape index (κ2) is 10.3. The largest absolute Gasteiger partial charge is 0.340 e. The van der Waals surface area contributed by atoms with Gasteiger partial charge in [-0.2, -0.15) is 0 Å². The zero-order valence-electron chi connectivity index (χ0n) is 16.9. The van der Waals surface area contributed by atoms with Gasteiger partial charge in [0.2, 0.25) is 0 Å². The normalized spacial score (nSPS) is 11.4. The Kier molecular flexibility index (Phi) is 7.84. The first-order valence-corrected chi connectivity index (χ1v) is 11.1. The Morgan fingerprint density at radius 2 is 1.75 bits per heavy atom. The van der Waals surface area contributed by atoms with E-state index >= 15 is 0 Å². The van der Waals surface area contributed by atoms with Crippen molar-refractivity contribution < 1.29 is 0 Å². The van der Waals surface area contributed by atoms with Crippen LogP contribution in [0.25, 0.3) is 10.9 Å². The molecule has 0 aliphatic heterocycles. The van der Waals surface area contributed by atoms with Gasteiger partial charge in [-0.3, -0.25) is 0 Å². The van der Waals surface area contributed by atoms with Crippen molar-refractivity contribution in [1.82, 2.24) is 9.88 Å². The molecular formula is C24H30Cl2N2. The van der Waals surface area contributed by atoms with E-state index in [0.717, 1.165) is 30.2 Å². The topological polar surface area (TPSA) is 17.0 Å². The Morgan fingerprint density at radius 1 is 0.964 bits per heavy atom. The third-order valence-corrected chi connectivity index (χ3v) is 6.05. The molecule has 0 fully saturated rings. The average Bonchev–Trinajstić information content (AvgIpc) is 2.95. The first-order valence-electron chi connectivity index (χ1n) is 10.3. The van der Waals surface area contributed by atoms with Gasteiger partial charge in [-0.05, 0) is 49.2 Å². The van der Waals surface area contributed by atoms with Gasteiger partial charge in [0, 0.05) is 39.7 Å². The van der Waals surface area contributed by atoms with Crippen LogP contribution in [0.3, 0.4) is 0 Å². The van der Waals surface area contributed by atoms with Gasteiger partial charge in [-0.15, -0.1) is 0 Å². The molecule has 0 unspecified atom stereocenters. The van der Waals surface area contributed by atoms with Crippen molar-refractivity contribution in [2.75, 3.05) is 6.54 Å². The maximum atomic E-state index is 6.43. The van der Waals surface area contributed by atoms with Gasteiger partial charge in [0.1, 0.15) is 0 Å². The quantitative estimate of drug-likeness (QED) is 0.341. The van der Waals surface area contributed by atoms with Gasteiger partial charge >= 0.3 is 0 Å². The van der Waals surface area contributed by atoms with Crippen LogP contribution >= 0.6 is 23.2 Å². The van der Waals surface area contributed by atoms with Crippen molar-refractivity contribution in [1.29, 1.82) is 0 Å². The second-order valence-corrected chi connectivity index (χ2v) is 8.34. The minimum absolute atomic E-state index is 0.673. The molecule has 0 spiro atoms. The van der Waals surface area contributed by atoms with Crippen LogP contribution in [0.1, 0.15) is 55.8 Å². The Labute approximate surface area is 178 Å². The van der Waals surface area contributed by atoms with E-state index in [-0.39, 0.29) is 0 Å². The molecule has 28 heavy (non-hydrogen) atoms. The van der Waals surface area contributed by atoms with Crippen LogP contribution in [0.4, 0.5) is 0 Å². The molecule has 0 bridgehead atoms. The van der Waals surface area contributed by atoms with Crippen molar-refractivity contribution in [3.05, 3.63) is 69.3 Å². The molecule has 2 aromatic carbocycles. The van der Waals surface area contributed by atoms with Gasteiger partial charge in [-0.1, -0.05) is 80.1 Å². The molecule has 3 rings (SSSR count). The van der Waals surface area contributed by atoms with E-state index in [0.29, 0.717) is 5.02 Å². The fraction of sp³-hybridized carbons (Fsp3) is 0.417. The summed E-state index contributed by atoms with van der Waals surface area (Å²) in [6, 6.07) is 14.4. The summed E-state index contributed by atoms with van der Waals surface area (Å²) in [4.78, 5) is 0. The first-order chi connectivity index (χ1) is 13.6. The smallest absolute Gasteiger partial charge is 0.0493 e. The number of nitrogens with zero attached hydrogens (tertiary/aromatic N) is 1. The minimum Gasteiger partial charge on any atom is -0.340 e. The summed E-state index contributed by atoms with van der Waals surface area (Å²) in [6.45, 7) is 7.20. The third-order valence-electron chi connectivity index (χ3n) is 5.46. The molecule has 0 saturated heterocycles. The van der Waals surface area contributed by atoms with Crippen LogP contribution in [0.2, 0.25) is 10.0 Å². The average molecular weight is 417 g/mol. The number of aromatic nitrogens is 1. The lowest BCUT2D eigenvalue weighted by molar-refractivity contribution is 0.583. The van der Waals surface area contributed by atoms with Gasteiger partial charge in [0.25, 0.3) is 0 Å². The molecule has 0 saturated carbocycles. The molecule has 1 heterocycles. The van der Waals surface area contributed by atoms with E-state index in [2.05, 4.69) is 48.0 Å². The minimum atomic E-state index is 0.673. The molecule has 0 aliphatic carbocycles. The lowest BCUT2D eigenvalue weighted by Crippen LogP contribution is -2.15. The SMILES string of the molecule is CCCCCCCNCc1c(C)n(Cc2ccc(Cl)cc2Cl)c2ccccc12. The van der Waals surface area contributed by atoms with Crippen LogP contribution in [-0.4, -0.2) is 11.1 Å². The van der Waals surface area contributed by atoms with E-state index in [1.54, 1.807) is 0 Å². The zero-order valence-corrected chi connectivity index (χ0v) is 18.4. The van der Waals surface area contributed by atoms with E-state index < -0.39 is 0 Å². The van der Waals surface area contributed by atoms with E-state index in [9.17, 15) is 0 Å². The maximum absolute atomic E-state index is 6.43. The Morgan fingerprint density at radius 3 is 2.54 bits per heavy atom. The maximum Gasteiger partial charge on any atom is 0.0493 e. The molecule has 3 aromatic rings. The Hall–Kier alpha value is -1.48. The van der Waals surface area contributed by atoms with Crippen LogP contribution < -0.4 is 5.32 Å². The number of rotatable bonds is 10. The molecule has 0 atom stereocenters. The summed E-state index contributed by atoms with van der Waals surface area (Å²) < 4.78 is 2.36. The van der Waals surface area contributed by atoms with E-state index in [1.807, 2.05) is 18.2 Å².